The lowest BCUT2D eigenvalue weighted by Crippen LogP contribution is -2.35. The van der Waals surface area contributed by atoms with Gasteiger partial charge in [-0.2, -0.15) is 0 Å². The van der Waals surface area contributed by atoms with Gasteiger partial charge in [-0.05, 0) is 31.9 Å². The Morgan fingerprint density at radius 3 is 2.67 bits per heavy atom. The molecule has 1 amide bonds. The summed E-state index contributed by atoms with van der Waals surface area (Å²) >= 11 is 0. The van der Waals surface area contributed by atoms with E-state index in [9.17, 15) is 13.6 Å². The van der Waals surface area contributed by atoms with Crippen LogP contribution in [0.5, 0.6) is 0 Å². The van der Waals surface area contributed by atoms with Gasteiger partial charge in [-0.25, -0.2) is 8.78 Å². The maximum Gasteiger partial charge on any atom is 0.220 e. The van der Waals surface area contributed by atoms with E-state index in [4.69, 9.17) is 5.73 Å². The van der Waals surface area contributed by atoms with Crippen LogP contribution in [0.3, 0.4) is 0 Å². The van der Waals surface area contributed by atoms with Crippen molar-refractivity contribution in [3.8, 4) is 0 Å². The summed E-state index contributed by atoms with van der Waals surface area (Å²) in [4.78, 5) is 11.6. The van der Waals surface area contributed by atoms with Gasteiger partial charge in [-0.1, -0.05) is 6.07 Å². The first-order chi connectivity index (χ1) is 8.57. The molecule has 0 saturated heterocycles. The molecule has 5 heteroatoms. The highest BCUT2D eigenvalue weighted by Crippen LogP contribution is 2.46. The molecular formula is C13H16F2N2O. The van der Waals surface area contributed by atoms with Crippen molar-refractivity contribution in [1.82, 2.24) is 5.32 Å². The molecule has 0 atom stereocenters. The standard InChI is InChI=1S/C13H16F2N2O/c14-9-3-4-10(11(15)8-9)13(5-6-13)17-12(18)2-1-7-16/h3-4,8H,1-2,5-7,16H2,(H,17,18). The van der Waals surface area contributed by atoms with E-state index in [2.05, 4.69) is 5.32 Å². The molecule has 18 heavy (non-hydrogen) atoms. The molecule has 0 heterocycles. The van der Waals surface area contributed by atoms with Crippen LogP contribution in [0.15, 0.2) is 18.2 Å². The van der Waals surface area contributed by atoms with E-state index in [0.717, 1.165) is 6.07 Å². The summed E-state index contributed by atoms with van der Waals surface area (Å²) in [5.41, 5.74) is 5.06. The molecule has 2 rings (SSSR count). The maximum absolute atomic E-state index is 13.7. The number of benzene rings is 1. The van der Waals surface area contributed by atoms with E-state index in [0.29, 0.717) is 37.8 Å². The Morgan fingerprint density at radius 1 is 1.39 bits per heavy atom. The highest BCUT2D eigenvalue weighted by molar-refractivity contribution is 5.77. The molecule has 1 aromatic carbocycles. The second kappa shape index (κ2) is 5.02. The number of hydrogen-bond acceptors (Lipinski definition) is 2. The van der Waals surface area contributed by atoms with E-state index >= 15 is 0 Å². The first-order valence-electron chi connectivity index (χ1n) is 6.04. The van der Waals surface area contributed by atoms with Gasteiger partial charge >= 0.3 is 0 Å². The van der Waals surface area contributed by atoms with Crippen LogP contribution in [0, 0.1) is 11.6 Å². The molecule has 3 N–H and O–H groups in total. The lowest BCUT2D eigenvalue weighted by molar-refractivity contribution is -0.122. The van der Waals surface area contributed by atoms with Crippen LogP contribution in [0.1, 0.15) is 31.2 Å². The second-order valence-electron chi connectivity index (χ2n) is 4.65. The number of rotatable bonds is 5. The number of amides is 1. The Labute approximate surface area is 104 Å². The lowest BCUT2D eigenvalue weighted by Gasteiger charge is -2.18. The van der Waals surface area contributed by atoms with Crippen LogP contribution in [0.25, 0.3) is 0 Å². The summed E-state index contributed by atoms with van der Waals surface area (Å²) in [6, 6.07) is 3.47. The summed E-state index contributed by atoms with van der Waals surface area (Å²) in [5.74, 6) is -1.35. The van der Waals surface area contributed by atoms with Crippen molar-refractivity contribution in [1.29, 1.82) is 0 Å². The lowest BCUT2D eigenvalue weighted by atomic mass is 10.0. The summed E-state index contributed by atoms with van der Waals surface area (Å²) in [6.45, 7) is 0.450. The van der Waals surface area contributed by atoms with Crippen molar-refractivity contribution < 1.29 is 13.6 Å². The van der Waals surface area contributed by atoms with Crippen molar-refractivity contribution >= 4 is 5.91 Å². The number of carbonyl (C=O) groups excluding carboxylic acids is 1. The largest absolute Gasteiger partial charge is 0.346 e. The normalized spacial score (nSPS) is 16.4. The number of halogens is 2. The molecule has 0 spiro atoms. The van der Waals surface area contributed by atoms with Gasteiger partial charge in [0.1, 0.15) is 11.6 Å². The number of hydrogen-bond donors (Lipinski definition) is 2. The zero-order valence-electron chi connectivity index (χ0n) is 10.0. The van der Waals surface area contributed by atoms with Crippen molar-refractivity contribution in [3.05, 3.63) is 35.4 Å². The highest BCUT2D eigenvalue weighted by atomic mass is 19.1. The van der Waals surface area contributed by atoms with E-state index in [-0.39, 0.29) is 5.91 Å². The molecule has 1 saturated carbocycles. The average molecular weight is 254 g/mol. The Hall–Kier alpha value is -1.49. The van der Waals surface area contributed by atoms with Crippen molar-refractivity contribution in [2.24, 2.45) is 5.73 Å². The Bertz CT molecular complexity index is 458. The predicted molar refractivity (Wildman–Crippen MR) is 63.7 cm³/mol. The molecule has 1 aliphatic rings. The van der Waals surface area contributed by atoms with Crippen molar-refractivity contribution in [2.75, 3.05) is 6.54 Å². The van der Waals surface area contributed by atoms with Crippen LogP contribution in [0.4, 0.5) is 8.78 Å². The monoisotopic (exact) mass is 254 g/mol. The van der Waals surface area contributed by atoms with Crippen LogP contribution < -0.4 is 11.1 Å². The summed E-state index contributed by atoms with van der Waals surface area (Å²) in [6.07, 6.45) is 2.31. The average Bonchev–Trinajstić information content (AvgIpc) is 3.06. The van der Waals surface area contributed by atoms with E-state index in [1.807, 2.05) is 0 Å². The fraction of sp³-hybridized carbons (Fsp3) is 0.462. The first-order valence-corrected chi connectivity index (χ1v) is 6.04. The zero-order valence-corrected chi connectivity index (χ0v) is 10.0. The van der Waals surface area contributed by atoms with Gasteiger partial charge < -0.3 is 11.1 Å². The third-order valence-corrected chi connectivity index (χ3v) is 3.18. The number of carbonyl (C=O) groups is 1. The highest BCUT2D eigenvalue weighted by Gasteiger charge is 2.47. The molecule has 98 valence electrons. The van der Waals surface area contributed by atoms with Gasteiger partial charge in [0.15, 0.2) is 0 Å². The van der Waals surface area contributed by atoms with Gasteiger partial charge in [0.05, 0.1) is 5.54 Å². The molecule has 0 aliphatic heterocycles. The van der Waals surface area contributed by atoms with Crippen LogP contribution >= 0.6 is 0 Å². The summed E-state index contributed by atoms with van der Waals surface area (Å²) < 4.78 is 26.5. The molecule has 0 radical (unpaired) electrons. The molecule has 1 aromatic rings. The van der Waals surface area contributed by atoms with Gasteiger partial charge in [0.2, 0.25) is 5.91 Å². The van der Waals surface area contributed by atoms with Crippen molar-refractivity contribution in [2.45, 2.75) is 31.2 Å². The molecule has 0 aromatic heterocycles. The third-order valence-electron chi connectivity index (χ3n) is 3.18. The summed E-state index contributed by atoms with van der Waals surface area (Å²) in [7, 11) is 0. The Kier molecular flexibility index (Phi) is 3.61. The Morgan fingerprint density at radius 2 is 2.11 bits per heavy atom. The maximum atomic E-state index is 13.7. The molecule has 0 bridgehead atoms. The van der Waals surface area contributed by atoms with Crippen molar-refractivity contribution in [3.63, 3.8) is 0 Å². The van der Waals surface area contributed by atoms with Crippen LogP contribution in [-0.2, 0) is 10.3 Å². The minimum atomic E-state index is -0.635. The topological polar surface area (TPSA) is 55.1 Å². The van der Waals surface area contributed by atoms with Gasteiger partial charge in [0, 0.05) is 18.1 Å². The molecule has 1 aliphatic carbocycles. The van der Waals surface area contributed by atoms with E-state index in [1.165, 1.54) is 12.1 Å². The fourth-order valence-electron chi connectivity index (χ4n) is 2.06. The van der Waals surface area contributed by atoms with Gasteiger partial charge in [-0.3, -0.25) is 4.79 Å². The van der Waals surface area contributed by atoms with E-state index < -0.39 is 17.2 Å². The second-order valence-corrected chi connectivity index (χ2v) is 4.65. The minimum Gasteiger partial charge on any atom is -0.346 e. The third kappa shape index (κ3) is 2.67. The number of nitrogens with one attached hydrogen (secondary N) is 1. The van der Waals surface area contributed by atoms with E-state index in [1.54, 1.807) is 0 Å². The van der Waals surface area contributed by atoms with Gasteiger partial charge in [-0.15, -0.1) is 0 Å². The quantitative estimate of drug-likeness (QED) is 0.842. The Balaban J connectivity index is 2.09. The van der Waals surface area contributed by atoms with Gasteiger partial charge in [0.25, 0.3) is 0 Å². The summed E-state index contributed by atoms with van der Waals surface area (Å²) in [5, 5.41) is 2.82. The number of nitrogens with two attached hydrogens (primary N) is 1. The molecule has 0 unspecified atom stereocenters. The van der Waals surface area contributed by atoms with Crippen LogP contribution in [0.2, 0.25) is 0 Å². The molecular weight excluding hydrogens is 238 g/mol. The smallest absolute Gasteiger partial charge is 0.220 e. The molecule has 1 fully saturated rings. The minimum absolute atomic E-state index is 0.137. The SMILES string of the molecule is NCCCC(=O)NC1(c2ccc(F)cc2F)CC1. The predicted octanol–water partition coefficient (Wildman–Crippen LogP) is 1.81. The first kappa shape index (κ1) is 13.0. The van der Waals surface area contributed by atoms with Crippen LogP contribution in [-0.4, -0.2) is 12.5 Å². The zero-order chi connectivity index (χ0) is 13.2. The fourth-order valence-corrected chi connectivity index (χ4v) is 2.06. The molecule has 3 nitrogen and oxygen atoms in total.